The van der Waals surface area contributed by atoms with Gasteiger partial charge in [-0.2, -0.15) is 0 Å². The molecule has 1 aromatic rings. The molecule has 0 saturated carbocycles. The van der Waals surface area contributed by atoms with Crippen molar-refractivity contribution in [2.45, 2.75) is 32.6 Å². The van der Waals surface area contributed by atoms with Crippen LogP contribution in [0.3, 0.4) is 0 Å². The van der Waals surface area contributed by atoms with Crippen LogP contribution in [0.25, 0.3) is 0 Å². The third kappa shape index (κ3) is 4.87. The van der Waals surface area contributed by atoms with Gasteiger partial charge in [-0.1, -0.05) is 37.8 Å². The first-order valence-electron chi connectivity index (χ1n) is 6.28. The predicted molar refractivity (Wildman–Crippen MR) is 74.6 cm³/mol. The van der Waals surface area contributed by atoms with E-state index in [4.69, 9.17) is 11.6 Å². The van der Waals surface area contributed by atoms with Crippen LogP contribution in [0.1, 0.15) is 43.0 Å². The highest BCUT2D eigenvalue weighted by molar-refractivity contribution is 6.32. The van der Waals surface area contributed by atoms with Gasteiger partial charge in [0.05, 0.1) is 4.92 Å². The second kappa shape index (κ2) is 7.74. The summed E-state index contributed by atoms with van der Waals surface area (Å²) in [4.78, 5) is 21.9. The normalized spacial score (nSPS) is 10.2. The molecule has 1 N–H and O–H groups in total. The van der Waals surface area contributed by atoms with Gasteiger partial charge < -0.3 is 5.32 Å². The van der Waals surface area contributed by atoms with Crippen molar-refractivity contribution in [3.8, 4) is 0 Å². The summed E-state index contributed by atoms with van der Waals surface area (Å²) in [6, 6.07) is 4.05. The molecule has 0 saturated heterocycles. The van der Waals surface area contributed by atoms with E-state index in [0.717, 1.165) is 25.7 Å². The van der Waals surface area contributed by atoms with Gasteiger partial charge in [0.2, 0.25) is 0 Å². The van der Waals surface area contributed by atoms with Gasteiger partial charge in [0, 0.05) is 18.2 Å². The van der Waals surface area contributed by atoms with Gasteiger partial charge >= 0.3 is 0 Å². The van der Waals surface area contributed by atoms with Gasteiger partial charge in [-0.3, -0.25) is 14.9 Å². The number of halogens is 1. The molecule has 0 unspecified atom stereocenters. The van der Waals surface area contributed by atoms with E-state index in [1.54, 1.807) is 0 Å². The number of nitrogens with one attached hydrogen (secondary N) is 1. The molecule has 0 aromatic heterocycles. The molecule has 0 bridgehead atoms. The standard InChI is InChI=1S/C13H17ClN2O3/c1-2-3-4-5-8-15-13(17)10-6-7-11(14)12(9-10)16(18)19/h6-7,9H,2-5,8H2,1H3,(H,15,17). The Bertz CT molecular complexity index is 463. The number of hydrogen-bond acceptors (Lipinski definition) is 3. The van der Waals surface area contributed by atoms with Gasteiger partial charge in [0.1, 0.15) is 5.02 Å². The van der Waals surface area contributed by atoms with E-state index in [0.29, 0.717) is 6.54 Å². The average molecular weight is 285 g/mol. The predicted octanol–water partition coefficient (Wildman–Crippen LogP) is 3.56. The Labute approximate surface area is 117 Å². The van der Waals surface area contributed by atoms with Crippen LogP contribution in [0.5, 0.6) is 0 Å². The van der Waals surface area contributed by atoms with E-state index in [2.05, 4.69) is 12.2 Å². The van der Waals surface area contributed by atoms with Crippen LogP contribution in [0.4, 0.5) is 5.69 Å². The Morgan fingerprint density at radius 3 is 2.74 bits per heavy atom. The van der Waals surface area contributed by atoms with Gasteiger partial charge in [-0.25, -0.2) is 0 Å². The molecule has 0 radical (unpaired) electrons. The molecule has 0 fully saturated rings. The highest BCUT2D eigenvalue weighted by atomic mass is 35.5. The summed E-state index contributed by atoms with van der Waals surface area (Å²) in [6.45, 7) is 2.70. The van der Waals surface area contributed by atoms with Crippen LogP contribution < -0.4 is 5.32 Å². The van der Waals surface area contributed by atoms with Gasteiger partial charge in [-0.15, -0.1) is 0 Å². The minimum Gasteiger partial charge on any atom is -0.352 e. The van der Waals surface area contributed by atoms with Crippen molar-refractivity contribution in [3.05, 3.63) is 38.9 Å². The summed E-state index contributed by atoms with van der Waals surface area (Å²) in [5, 5.41) is 13.5. The lowest BCUT2D eigenvalue weighted by Gasteiger charge is -2.05. The first-order chi connectivity index (χ1) is 9.06. The molecule has 0 spiro atoms. The summed E-state index contributed by atoms with van der Waals surface area (Å²) in [5.74, 6) is -0.309. The largest absolute Gasteiger partial charge is 0.352 e. The molecule has 0 aliphatic carbocycles. The Morgan fingerprint density at radius 1 is 1.37 bits per heavy atom. The van der Waals surface area contributed by atoms with Gasteiger partial charge in [-0.05, 0) is 18.6 Å². The summed E-state index contributed by atoms with van der Waals surface area (Å²) in [5.41, 5.74) is 0.00638. The fraction of sp³-hybridized carbons (Fsp3) is 0.462. The van der Waals surface area contributed by atoms with Crippen molar-refractivity contribution in [3.63, 3.8) is 0 Å². The lowest BCUT2D eigenvalue weighted by atomic mass is 10.1. The van der Waals surface area contributed by atoms with E-state index < -0.39 is 4.92 Å². The number of unbranched alkanes of at least 4 members (excludes halogenated alkanes) is 3. The molecule has 0 aliphatic rings. The van der Waals surface area contributed by atoms with Crippen LogP contribution in [-0.2, 0) is 0 Å². The second-order valence-electron chi connectivity index (χ2n) is 4.24. The Hall–Kier alpha value is -1.62. The molecule has 0 heterocycles. The van der Waals surface area contributed by atoms with Crippen molar-refractivity contribution in [2.24, 2.45) is 0 Å². The van der Waals surface area contributed by atoms with Crippen LogP contribution in [0.15, 0.2) is 18.2 Å². The van der Waals surface area contributed by atoms with E-state index in [1.807, 2.05) is 0 Å². The van der Waals surface area contributed by atoms with Crippen LogP contribution in [-0.4, -0.2) is 17.4 Å². The number of rotatable bonds is 7. The highest BCUT2D eigenvalue weighted by Crippen LogP contribution is 2.24. The van der Waals surface area contributed by atoms with Crippen molar-refractivity contribution < 1.29 is 9.72 Å². The quantitative estimate of drug-likeness (QED) is 0.473. The first kappa shape index (κ1) is 15.4. The number of amides is 1. The lowest BCUT2D eigenvalue weighted by molar-refractivity contribution is -0.384. The van der Waals surface area contributed by atoms with Crippen molar-refractivity contribution in [1.29, 1.82) is 0 Å². The molecule has 6 heteroatoms. The molecule has 1 rings (SSSR count). The third-order valence-electron chi connectivity index (χ3n) is 2.72. The molecule has 104 valence electrons. The topological polar surface area (TPSA) is 72.2 Å². The van der Waals surface area contributed by atoms with Crippen LogP contribution in [0.2, 0.25) is 5.02 Å². The first-order valence-corrected chi connectivity index (χ1v) is 6.66. The molecule has 0 aliphatic heterocycles. The average Bonchev–Trinajstić information content (AvgIpc) is 2.38. The third-order valence-corrected chi connectivity index (χ3v) is 3.04. The smallest absolute Gasteiger partial charge is 0.288 e. The zero-order chi connectivity index (χ0) is 14.3. The zero-order valence-electron chi connectivity index (χ0n) is 10.8. The number of nitrogens with zero attached hydrogens (tertiary/aromatic N) is 1. The van der Waals surface area contributed by atoms with Crippen molar-refractivity contribution >= 4 is 23.2 Å². The fourth-order valence-electron chi connectivity index (χ4n) is 1.65. The van der Waals surface area contributed by atoms with E-state index in [1.165, 1.54) is 18.2 Å². The number of carbonyl (C=O) groups is 1. The maximum Gasteiger partial charge on any atom is 0.288 e. The number of hydrogen-bond donors (Lipinski definition) is 1. The number of carbonyl (C=O) groups excluding carboxylic acids is 1. The monoisotopic (exact) mass is 284 g/mol. The minimum absolute atomic E-state index is 0.0319. The van der Waals surface area contributed by atoms with Crippen LogP contribution in [0, 0.1) is 10.1 Å². The summed E-state index contributed by atoms with van der Waals surface area (Å²) in [7, 11) is 0. The molecule has 1 amide bonds. The van der Waals surface area contributed by atoms with Gasteiger partial charge in [0.15, 0.2) is 0 Å². The van der Waals surface area contributed by atoms with Gasteiger partial charge in [0.25, 0.3) is 11.6 Å². The van der Waals surface area contributed by atoms with Crippen molar-refractivity contribution in [2.75, 3.05) is 6.54 Å². The summed E-state index contributed by atoms with van der Waals surface area (Å²) in [6.07, 6.45) is 4.26. The number of benzene rings is 1. The number of nitro groups is 1. The van der Waals surface area contributed by atoms with Crippen LogP contribution >= 0.6 is 11.6 Å². The van der Waals surface area contributed by atoms with E-state index in [9.17, 15) is 14.9 Å². The Morgan fingerprint density at radius 2 is 2.11 bits per heavy atom. The second-order valence-corrected chi connectivity index (χ2v) is 4.65. The fourth-order valence-corrected chi connectivity index (χ4v) is 1.84. The molecular formula is C13H17ClN2O3. The van der Waals surface area contributed by atoms with Crippen molar-refractivity contribution in [1.82, 2.24) is 5.32 Å². The van der Waals surface area contributed by atoms with E-state index >= 15 is 0 Å². The zero-order valence-corrected chi connectivity index (χ0v) is 11.6. The Balaban J connectivity index is 2.57. The lowest BCUT2D eigenvalue weighted by Crippen LogP contribution is -2.24. The maximum atomic E-state index is 11.8. The Kier molecular flexibility index (Phi) is 6.29. The SMILES string of the molecule is CCCCCCNC(=O)c1ccc(Cl)c([N+](=O)[O-])c1. The highest BCUT2D eigenvalue weighted by Gasteiger charge is 2.15. The van der Waals surface area contributed by atoms with E-state index in [-0.39, 0.29) is 22.2 Å². The molecule has 1 aromatic carbocycles. The maximum absolute atomic E-state index is 11.8. The number of nitro benzene ring substituents is 1. The minimum atomic E-state index is -0.597. The molecular weight excluding hydrogens is 268 g/mol. The molecule has 0 atom stereocenters. The molecule has 5 nitrogen and oxygen atoms in total. The molecule has 19 heavy (non-hydrogen) atoms. The summed E-state index contributed by atoms with van der Waals surface area (Å²) >= 11 is 5.68. The summed E-state index contributed by atoms with van der Waals surface area (Å²) < 4.78 is 0.